The van der Waals surface area contributed by atoms with Gasteiger partial charge in [0.05, 0.1) is 12.0 Å². The first kappa shape index (κ1) is 23.9. The third-order valence-corrected chi connectivity index (χ3v) is 6.09. The lowest BCUT2D eigenvalue weighted by atomic mass is 9.52. The predicted octanol–water partition coefficient (Wildman–Crippen LogP) is -3.28. The molecule has 1 fully saturated rings. The number of carbonyl (C=O) groups is 2. The highest BCUT2D eigenvalue weighted by Crippen LogP contribution is 2.59. The van der Waals surface area contributed by atoms with Gasteiger partial charge >= 0.3 is 5.97 Å². The molecule has 158 valence electrons. The normalized spacial score (nSPS) is 41.0. The topological polar surface area (TPSA) is 205 Å². The minimum atomic E-state index is -3.17. The molecule has 11 nitrogen and oxygen atoms in total. The highest BCUT2D eigenvalue weighted by molar-refractivity contribution is 5.82. The molecule has 0 aliphatic carbocycles. The molecule has 1 rings (SSSR count). The highest BCUT2D eigenvalue weighted by Gasteiger charge is 2.79. The molecule has 3 unspecified atom stereocenters. The number of carboxylic acid groups (broad SMARTS) is 1. The van der Waals surface area contributed by atoms with Gasteiger partial charge in [0.2, 0.25) is 0 Å². The molecule has 27 heavy (non-hydrogen) atoms. The van der Waals surface area contributed by atoms with Crippen LogP contribution in [0.15, 0.2) is 0 Å². The van der Waals surface area contributed by atoms with E-state index >= 15 is 0 Å². The molecule has 0 amide bonds. The van der Waals surface area contributed by atoms with Crippen molar-refractivity contribution >= 4 is 11.8 Å². The molecule has 0 saturated carbocycles. The fraction of sp³-hybridized carbons (Fsp3) is 0.875. The predicted molar refractivity (Wildman–Crippen MR) is 87.2 cm³/mol. The number of hydrogen-bond acceptors (Lipinski definition) is 10. The van der Waals surface area contributed by atoms with Gasteiger partial charge in [-0.15, -0.1) is 0 Å². The van der Waals surface area contributed by atoms with Crippen LogP contribution in [-0.2, 0) is 14.3 Å². The molecule has 0 aromatic carbocycles. The molecular formula is C16H28O11. The smallest absolute Gasteiger partial charge is 0.364 e. The van der Waals surface area contributed by atoms with Crippen LogP contribution in [-0.4, -0.2) is 101 Å². The Morgan fingerprint density at radius 3 is 1.85 bits per heavy atom. The summed E-state index contributed by atoms with van der Waals surface area (Å²) in [5.41, 5.74) is -10.2. The number of carboxylic acids is 1. The third kappa shape index (κ3) is 2.98. The van der Waals surface area contributed by atoms with E-state index in [4.69, 9.17) is 14.9 Å². The van der Waals surface area contributed by atoms with Crippen LogP contribution in [0.5, 0.6) is 0 Å². The van der Waals surface area contributed by atoms with Gasteiger partial charge in [-0.25, -0.2) is 4.79 Å². The maximum atomic E-state index is 11.9. The Bertz CT molecular complexity index is 603. The van der Waals surface area contributed by atoms with Gasteiger partial charge in [0.15, 0.2) is 5.78 Å². The largest absolute Gasteiger partial charge is 0.477 e. The highest BCUT2D eigenvalue weighted by atomic mass is 16.7. The zero-order chi connectivity index (χ0) is 21.6. The molecule has 6 atom stereocenters. The molecule has 1 aliphatic heterocycles. The van der Waals surface area contributed by atoms with Gasteiger partial charge in [-0.3, -0.25) is 4.79 Å². The van der Waals surface area contributed by atoms with Crippen LogP contribution in [0.2, 0.25) is 0 Å². The molecule has 8 N–H and O–H groups in total. The van der Waals surface area contributed by atoms with Gasteiger partial charge in [-0.2, -0.15) is 0 Å². The Balaban J connectivity index is 3.83. The number of ether oxygens (including phenoxy) is 1. The summed E-state index contributed by atoms with van der Waals surface area (Å²) in [7, 11) is 0. The quantitative estimate of drug-likeness (QED) is 0.214. The fourth-order valence-electron chi connectivity index (χ4n) is 3.62. The van der Waals surface area contributed by atoms with E-state index in [0.29, 0.717) is 0 Å². The van der Waals surface area contributed by atoms with Crippen LogP contribution in [0, 0.1) is 5.41 Å². The lowest BCUT2D eigenvalue weighted by molar-refractivity contribution is -0.442. The molecule has 0 spiro atoms. The van der Waals surface area contributed by atoms with Gasteiger partial charge in [0.1, 0.15) is 35.6 Å². The number of aliphatic carboxylic acids is 1. The van der Waals surface area contributed by atoms with Crippen molar-refractivity contribution in [1.82, 2.24) is 0 Å². The minimum Gasteiger partial charge on any atom is -0.477 e. The van der Waals surface area contributed by atoms with Crippen LogP contribution in [0.3, 0.4) is 0 Å². The molecule has 1 aliphatic rings. The first-order chi connectivity index (χ1) is 12.0. The lowest BCUT2D eigenvalue weighted by Gasteiger charge is -2.66. The molecule has 0 aromatic rings. The zero-order valence-electron chi connectivity index (χ0n) is 15.6. The summed E-state index contributed by atoms with van der Waals surface area (Å²) in [6.45, 7) is 1.84. The van der Waals surface area contributed by atoms with Gasteiger partial charge in [-0.05, 0) is 13.8 Å². The maximum absolute atomic E-state index is 11.9. The molecule has 0 radical (unpaired) electrons. The summed E-state index contributed by atoms with van der Waals surface area (Å²) in [4.78, 5) is 23.6. The number of rotatable bonds is 7. The number of carbonyl (C=O) groups excluding carboxylic acids is 1. The Hall–Kier alpha value is -1.18. The number of ketones is 1. The van der Waals surface area contributed by atoms with E-state index in [1.807, 2.05) is 0 Å². The summed E-state index contributed by atoms with van der Waals surface area (Å²) in [5.74, 6) is -6.12. The van der Waals surface area contributed by atoms with Crippen LogP contribution in [0.1, 0.15) is 34.1 Å². The van der Waals surface area contributed by atoms with Crippen LogP contribution >= 0.6 is 0 Å². The number of aliphatic hydroxyl groups is 7. The first-order valence-electron chi connectivity index (χ1n) is 8.20. The van der Waals surface area contributed by atoms with Crippen molar-refractivity contribution in [3.63, 3.8) is 0 Å². The molecule has 0 bridgehead atoms. The van der Waals surface area contributed by atoms with E-state index < -0.39 is 71.6 Å². The summed E-state index contributed by atoms with van der Waals surface area (Å²) in [5, 5.41) is 81.1. The standard InChI is InChI=1S/C16H28O11/c1-12(2)14(4,24)15(25,5-8(19)6-17)13(3,10(21)9(20)7-18)27-16(12,26)11(22)23/h9-10,17-18,20-21,24-26H,5-7H2,1-4H3,(H,22,23)/t9?,10?,13?,14-,15-,16-/m1/s1. The third-order valence-electron chi connectivity index (χ3n) is 6.09. The molecular weight excluding hydrogens is 368 g/mol. The van der Waals surface area contributed by atoms with E-state index in [2.05, 4.69) is 0 Å². The van der Waals surface area contributed by atoms with Gasteiger partial charge < -0.3 is 45.6 Å². The zero-order valence-corrected chi connectivity index (χ0v) is 15.6. The molecule has 0 aromatic heterocycles. The Morgan fingerprint density at radius 1 is 1.00 bits per heavy atom. The van der Waals surface area contributed by atoms with Crippen molar-refractivity contribution in [1.29, 1.82) is 0 Å². The second kappa shape index (κ2) is 7.01. The number of hydrogen-bond donors (Lipinski definition) is 8. The summed E-state index contributed by atoms with van der Waals surface area (Å²) >= 11 is 0. The fourth-order valence-corrected chi connectivity index (χ4v) is 3.62. The molecule has 1 saturated heterocycles. The minimum absolute atomic E-state index is 0.874. The average Bonchev–Trinajstić information content (AvgIpc) is 2.57. The SMILES string of the molecule is CC1(C(O)C(O)CO)O[C@](O)(C(=O)O)C(C)(C)[C@@](C)(O)[C@@]1(O)CC(=O)CO. The van der Waals surface area contributed by atoms with Gasteiger partial charge in [0, 0.05) is 6.42 Å². The number of Topliss-reactive ketones (excluding diaryl/α,β-unsaturated/α-hetero) is 1. The van der Waals surface area contributed by atoms with E-state index in [9.17, 15) is 40.2 Å². The second-order valence-corrected chi connectivity index (χ2v) is 7.78. The Morgan fingerprint density at radius 2 is 1.48 bits per heavy atom. The van der Waals surface area contributed by atoms with Gasteiger partial charge in [-0.1, -0.05) is 13.8 Å². The molecule has 11 heteroatoms. The monoisotopic (exact) mass is 396 g/mol. The van der Waals surface area contributed by atoms with Crippen molar-refractivity contribution in [3.05, 3.63) is 0 Å². The van der Waals surface area contributed by atoms with Crippen molar-refractivity contribution in [2.45, 2.75) is 68.9 Å². The van der Waals surface area contributed by atoms with E-state index in [1.165, 1.54) is 0 Å². The van der Waals surface area contributed by atoms with Crippen molar-refractivity contribution in [2.24, 2.45) is 5.41 Å². The maximum Gasteiger partial charge on any atom is 0.364 e. The second-order valence-electron chi connectivity index (χ2n) is 7.78. The van der Waals surface area contributed by atoms with Crippen LogP contribution < -0.4 is 0 Å². The van der Waals surface area contributed by atoms with Crippen LogP contribution in [0.4, 0.5) is 0 Å². The molecule has 1 heterocycles. The number of aliphatic hydroxyl groups excluding tert-OH is 4. The van der Waals surface area contributed by atoms with Crippen LogP contribution in [0.25, 0.3) is 0 Å². The first-order valence-corrected chi connectivity index (χ1v) is 8.20. The Labute approximate surface area is 155 Å². The summed E-state index contributed by atoms with van der Waals surface area (Å²) in [6.07, 6.45) is -5.24. The average molecular weight is 396 g/mol. The van der Waals surface area contributed by atoms with Crippen molar-refractivity contribution in [2.75, 3.05) is 13.2 Å². The van der Waals surface area contributed by atoms with Crippen molar-refractivity contribution < 1.29 is 55.2 Å². The Kier molecular flexibility index (Phi) is 6.19. The summed E-state index contributed by atoms with van der Waals surface area (Å²) in [6, 6.07) is 0. The van der Waals surface area contributed by atoms with E-state index in [-0.39, 0.29) is 0 Å². The summed E-state index contributed by atoms with van der Waals surface area (Å²) < 4.78 is 5.21. The van der Waals surface area contributed by atoms with Gasteiger partial charge in [0.25, 0.3) is 5.79 Å². The van der Waals surface area contributed by atoms with Crippen molar-refractivity contribution in [3.8, 4) is 0 Å². The lowest BCUT2D eigenvalue weighted by Crippen LogP contribution is -2.86. The van der Waals surface area contributed by atoms with E-state index in [1.54, 1.807) is 0 Å². The van der Waals surface area contributed by atoms with E-state index in [0.717, 1.165) is 27.7 Å².